The van der Waals surface area contributed by atoms with Gasteiger partial charge in [0.1, 0.15) is 5.75 Å². The first kappa shape index (κ1) is 13.7. The van der Waals surface area contributed by atoms with Crippen LogP contribution in [0.4, 0.5) is 13.2 Å². The minimum absolute atomic E-state index is 0.154. The molecular weight excluding hydrogens is 277 g/mol. The molecule has 0 aliphatic heterocycles. The van der Waals surface area contributed by atoms with Gasteiger partial charge in [-0.25, -0.2) is 0 Å². The molecule has 0 saturated carbocycles. The number of allylic oxidation sites excluding steroid dienone is 2. The molecule has 1 aliphatic carbocycles. The number of hydrogen-bond acceptors (Lipinski definition) is 1. The largest absolute Gasteiger partial charge is 0.496 e. The van der Waals surface area contributed by atoms with E-state index >= 15 is 0 Å². The molecule has 1 nitrogen and oxygen atoms in total. The first-order valence-corrected chi connectivity index (χ1v) is 6.53. The molecule has 0 aromatic heterocycles. The lowest BCUT2D eigenvalue weighted by Gasteiger charge is -2.14. The SMILES string of the molecule is COc1cccc2c1C(C(F)(F)F)=CC2c1ccccc1. The summed E-state index contributed by atoms with van der Waals surface area (Å²) < 4.78 is 45.1. The second-order valence-corrected chi connectivity index (χ2v) is 4.89. The van der Waals surface area contributed by atoms with Crippen molar-refractivity contribution in [3.05, 3.63) is 71.3 Å². The average molecular weight is 290 g/mol. The zero-order valence-electron chi connectivity index (χ0n) is 11.3. The fourth-order valence-electron chi connectivity index (χ4n) is 2.78. The Hall–Kier alpha value is -2.23. The van der Waals surface area contributed by atoms with Gasteiger partial charge in [-0.05, 0) is 17.2 Å². The number of rotatable bonds is 2. The minimum Gasteiger partial charge on any atom is -0.496 e. The lowest BCUT2D eigenvalue weighted by atomic mass is 9.93. The van der Waals surface area contributed by atoms with E-state index in [1.165, 1.54) is 13.2 Å². The van der Waals surface area contributed by atoms with Crippen molar-refractivity contribution in [2.75, 3.05) is 7.11 Å². The molecule has 2 aromatic rings. The summed E-state index contributed by atoms with van der Waals surface area (Å²) in [6.45, 7) is 0. The smallest absolute Gasteiger partial charge is 0.416 e. The van der Waals surface area contributed by atoms with Crippen LogP contribution in [0.1, 0.15) is 22.6 Å². The Morgan fingerprint density at radius 1 is 0.952 bits per heavy atom. The van der Waals surface area contributed by atoms with E-state index in [4.69, 9.17) is 4.74 Å². The van der Waals surface area contributed by atoms with Gasteiger partial charge in [-0.3, -0.25) is 0 Å². The third-order valence-corrected chi connectivity index (χ3v) is 3.68. The van der Waals surface area contributed by atoms with Crippen molar-refractivity contribution >= 4 is 5.57 Å². The van der Waals surface area contributed by atoms with E-state index in [0.29, 0.717) is 5.56 Å². The van der Waals surface area contributed by atoms with Gasteiger partial charge in [0.05, 0.1) is 12.7 Å². The van der Waals surface area contributed by atoms with E-state index < -0.39 is 17.7 Å². The van der Waals surface area contributed by atoms with Crippen LogP contribution in [-0.2, 0) is 0 Å². The number of fused-ring (bicyclic) bond motifs is 1. The standard InChI is InChI=1S/C17H13F3O/c1-21-15-9-5-8-12-13(11-6-3-2-4-7-11)10-14(16(12)15)17(18,19)20/h2-10,13H,1H3. The highest BCUT2D eigenvalue weighted by atomic mass is 19.4. The maximum Gasteiger partial charge on any atom is 0.416 e. The van der Waals surface area contributed by atoms with Crippen molar-refractivity contribution < 1.29 is 17.9 Å². The molecule has 1 unspecified atom stereocenters. The minimum atomic E-state index is -4.40. The Kier molecular flexibility index (Phi) is 3.24. The molecule has 0 fully saturated rings. The first-order chi connectivity index (χ1) is 10.0. The molecule has 108 valence electrons. The van der Waals surface area contributed by atoms with Crippen molar-refractivity contribution in [2.45, 2.75) is 12.1 Å². The summed E-state index contributed by atoms with van der Waals surface area (Å²) in [7, 11) is 1.39. The second-order valence-electron chi connectivity index (χ2n) is 4.89. The Balaban J connectivity index is 2.21. The van der Waals surface area contributed by atoms with Gasteiger partial charge in [-0.2, -0.15) is 13.2 Å². The van der Waals surface area contributed by atoms with Gasteiger partial charge < -0.3 is 4.74 Å². The van der Waals surface area contributed by atoms with Crippen LogP contribution in [0.2, 0.25) is 0 Å². The highest BCUT2D eigenvalue weighted by Crippen LogP contribution is 2.49. The molecule has 0 N–H and O–H groups in total. The quantitative estimate of drug-likeness (QED) is 0.773. The Bertz CT molecular complexity index is 687. The second kappa shape index (κ2) is 4.95. The average Bonchev–Trinajstić information content (AvgIpc) is 2.88. The lowest BCUT2D eigenvalue weighted by Crippen LogP contribution is -2.10. The number of hydrogen-bond donors (Lipinski definition) is 0. The van der Waals surface area contributed by atoms with E-state index in [-0.39, 0.29) is 11.3 Å². The van der Waals surface area contributed by atoms with Crippen molar-refractivity contribution in [3.63, 3.8) is 0 Å². The third-order valence-electron chi connectivity index (χ3n) is 3.68. The number of benzene rings is 2. The number of halogens is 3. The van der Waals surface area contributed by atoms with Gasteiger partial charge in [-0.1, -0.05) is 48.5 Å². The fourth-order valence-corrected chi connectivity index (χ4v) is 2.78. The van der Waals surface area contributed by atoms with Gasteiger partial charge in [0.25, 0.3) is 0 Å². The topological polar surface area (TPSA) is 9.23 Å². The van der Waals surface area contributed by atoms with Gasteiger partial charge in [0.2, 0.25) is 0 Å². The van der Waals surface area contributed by atoms with E-state index in [1.54, 1.807) is 18.2 Å². The van der Waals surface area contributed by atoms with E-state index in [0.717, 1.165) is 5.56 Å². The van der Waals surface area contributed by atoms with Crippen molar-refractivity contribution in [1.82, 2.24) is 0 Å². The highest BCUT2D eigenvalue weighted by molar-refractivity contribution is 5.83. The molecule has 1 aliphatic rings. The molecular formula is C17H13F3O. The zero-order chi connectivity index (χ0) is 15.0. The zero-order valence-corrected chi connectivity index (χ0v) is 11.3. The Morgan fingerprint density at radius 2 is 1.67 bits per heavy atom. The van der Waals surface area contributed by atoms with Gasteiger partial charge in [-0.15, -0.1) is 0 Å². The Morgan fingerprint density at radius 3 is 2.29 bits per heavy atom. The molecule has 0 radical (unpaired) electrons. The van der Waals surface area contributed by atoms with Gasteiger partial charge >= 0.3 is 6.18 Å². The third kappa shape index (κ3) is 2.31. The monoisotopic (exact) mass is 290 g/mol. The molecule has 1 atom stereocenters. The predicted octanol–water partition coefficient (Wildman–Crippen LogP) is 4.79. The summed E-state index contributed by atoms with van der Waals surface area (Å²) >= 11 is 0. The summed E-state index contributed by atoms with van der Waals surface area (Å²) in [6.07, 6.45) is -3.12. The van der Waals surface area contributed by atoms with Crippen molar-refractivity contribution in [2.24, 2.45) is 0 Å². The van der Waals surface area contributed by atoms with Gasteiger partial charge in [0.15, 0.2) is 0 Å². The molecule has 3 rings (SSSR count). The summed E-state index contributed by atoms with van der Waals surface area (Å²) in [5.74, 6) is -0.137. The predicted molar refractivity (Wildman–Crippen MR) is 75.3 cm³/mol. The number of methoxy groups -OCH3 is 1. The number of alkyl halides is 3. The van der Waals surface area contributed by atoms with Crippen molar-refractivity contribution in [1.29, 1.82) is 0 Å². The lowest BCUT2D eigenvalue weighted by molar-refractivity contribution is -0.0689. The van der Waals surface area contributed by atoms with E-state index in [9.17, 15) is 13.2 Å². The maximum absolute atomic E-state index is 13.3. The van der Waals surface area contributed by atoms with Crippen LogP contribution in [0.3, 0.4) is 0 Å². The summed E-state index contributed by atoms with van der Waals surface area (Å²) in [6, 6.07) is 14.2. The molecule has 0 bridgehead atoms. The van der Waals surface area contributed by atoms with Crippen LogP contribution in [0.15, 0.2) is 54.6 Å². The van der Waals surface area contributed by atoms with E-state index in [2.05, 4.69) is 0 Å². The molecule has 4 heteroatoms. The van der Waals surface area contributed by atoms with Gasteiger partial charge in [0, 0.05) is 11.5 Å². The number of ether oxygens (including phenoxy) is 1. The summed E-state index contributed by atoms with van der Waals surface area (Å²) in [5, 5.41) is 0. The summed E-state index contributed by atoms with van der Waals surface area (Å²) in [4.78, 5) is 0. The molecule has 2 aromatic carbocycles. The van der Waals surface area contributed by atoms with E-state index in [1.807, 2.05) is 30.3 Å². The van der Waals surface area contributed by atoms with Crippen LogP contribution in [-0.4, -0.2) is 13.3 Å². The molecule has 0 spiro atoms. The van der Waals surface area contributed by atoms with Crippen LogP contribution in [0, 0.1) is 0 Å². The summed E-state index contributed by atoms with van der Waals surface area (Å²) in [5.41, 5.74) is 1.00. The fraction of sp³-hybridized carbons (Fsp3) is 0.176. The normalized spacial score (nSPS) is 17.3. The van der Waals surface area contributed by atoms with Crippen LogP contribution in [0.25, 0.3) is 5.57 Å². The maximum atomic E-state index is 13.3. The molecule has 0 heterocycles. The molecule has 21 heavy (non-hydrogen) atoms. The molecule has 0 amide bonds. The first-order valence-electron chi connectivity index (χ1n) is 6.53. The molecule has 0 saturated heterocycles. The highest BCUT2D eigenvalue weighted by Gasteiger charge is 2.42. The van der Waals surface area contributed by atoms with Crippen LogP contribution >= 0.6 is 0 Å². The van der Waals surface area contributed by atoms with Crippen molar-refractivity contribution in [3.8, 4) is 5.75 Å². The Labute approximate surface area is 120 Å². The van der Waals surface area contributed by atoms with Crippen LogP contribution < -0.4 is 4.74 Å². The van der Waals surface area contributed by atoms with Crippen LogP contribution in [0.5, 0.6) is 5.75 Å².